The van der Waals surface area contributed by atoms with Crippen LogP contribution in [0.3, 0.4) is 0 Å². The molecule has 2 N–H and O–H groups in total. The average molecular weight is 455 g/mol. The molecule has 3 aromatic rings. The van der Waals surface area contributed by atoms with Crippen molar-refractivity contribution in [3.05, 3.63) is 41.7 Å². The van der Waals surface area contributed by atoms with E-state index >= 15 is 0 Å². The summed E-state index contributed by atoms with van der Waals surface area (Å²) in [6.45, 7) is 1.68. The van der Waals surface area contributed by atoms with E-state index in [1.54, 1.807) is 6.07 Å². The number of carbonyl (C=O) groups excluding carboxylic acids is 1. The van der Waals surface area contributed by atoms with Crippen molar-refractivity contribution in [2.45, 2.75) is 12.8 Å². The Morgan fingerprint density at radius 2 is 1.90 bits per heavy atom. The summed E-state index contributed by atoms with van der Waals surface area (Å²) in [5.74, 6) is -3.93. The summed E-state index contributed by atoms with van der Waals surface area (Å²) in [6.07, 6.45) is 1.50. The number of aromatic amines is 1. The molecule has 6 nitrogen and oxygen atoms in total. The molecule has 0 atom stereocenters. The van der Waals surface area contributed by atoms with Gasteiger partial charge in [0.15, 0.2) is 23.2 Å². The standard InChI is InChI=1S/C21H21F3N4O2.ClH/c1-28-7-5-11(6-8-28)21(29)25-20-13-9-12(3-4-16(13)26-27-20)17-14(22)10-15(23)19(30-2)18(17)24;/h3-4,9-11H,5-8H2,1-2H3,(H2,25,26,27,29);1H. The number of nitrogens with zero attached hydrogens (tertiary/aromatic N) is 2. The van der Waals surface area contributed by atoms with E-state index in [0.717, 1.165) is 33.0 Å². The predicted octanol–water partition coefficient (Wildman–Crippen LogP) is 4.36. The Kier molecular flexibility index (Phi) is 6.76. The molecule has 2 heterocycles. The maximum atomic E-state index is 14.7. The lowest BCUT2D eigenvalue weighted by molar-refractivity contribution is -0.121. The predicted molar refractivity (Wildman–Crippen MR) is 114 cm³/mol. The zero-order chi connectivity index (χ0) is 21.4. The maximum absolute atomic E-state index is 14.7. The average Bonchev–Trinajstić information content (AvgIpc) is 3.10. The first-order chi connectivity index (χ1) is 14.4. The van der Waals surface area contributed by atoms with Gasteiger partial charge in [0.2, 0.25) is 5.91 Å². The highest BCUT2D eigenvalue weighted by Crippen LogP contribution is 2.36. The van der Waals surface area contributed by atoms with Crippen LogP contribution in [-0.2, 0) is 4.79 Å². The number of halogens is 4. The number of rotatable bonds is 4. The van der Waals surface area contributed by atoms with Crippen LogP contribution >= 0.6 is 12.4 Å². The molecule has 31 heavy (non-hydrogen) atoms. The molecular weight excluding hydrogens is 433 g/mol. The number of benzene rings is 2. The van der Waals surface area contributed by atoms with Gasteiger partial charge in [0.25, 0.3) is 0 Å². The Bertz CT molecular complexity index is 1110. The number of anilines is 1. The summed E-state index contributed by atoms with van der Waals surface area (Å²) >= 11 is 0. The zero-order valence-electron chi connectivity index (χ0n) is 17.0. The van der Waals surface area contributed by atoms with Gasteiger partial charge in [0.1, 0.15) is 5.82 Å². The Balaban J connectivity index is 0.00000272. The summed E-state index contributed by atoms with van der Waals surface area (Å²) in [7, 11) is 3.12. The van der Waals surface area contributed by atoms with Crippen molar-refractivity contribution in [2.75, 3.05) is 32.6 Å². The minimum absolute atomic E-state index is 0. The van der Waals surface area contributed by atoms with E-state index in [0.29, 0.717) is 17.0 Å². The summed E-state index contributed by atoms with van der Waals surface area (Å²) in [6, 6.07) is 5.17. The molecule has 0 saturated carbocycles. The van der Waals surface area contributed by atoms with Crippen LogP contribution in [0.2, 0.25) is 0 Å². The fourth-order valence-corrected chi connectivity index (χ4v) is 3.78. The molecule has 4 rings (SSSR count). The van der Waals surface area contributed by atoms with Crippen molar-refractivity contribution in [1.82, 2.24) is 15.1 Å². The molecule has 1 fully saturated rings. The van der Waals surface area contributed by atoms with E-state index in [4.69, 9.17) is 4.74 Å². The number of hydrogen-bond donors (Lipinski definition) is 2. The van der Waals surface area contributed by atoms with Gasteiger partial charge < -0.3 is 15.0 Å². The molecular formula is C21H22ClF3N4O2. The Labute approximate surface area is 183 Å². The lowest BCUT2D eigenvalue weighted by atomic mass is 9.96. The molecule has 166 valence electrons. The van der Waals surface area contributed by atoms with Crippen LogP contribution in [0, 0.1) is 23.4 Å². The van der Waals surface area contributed by atoms with Crippen molar-refractivity contribution in [3.63, 3.8) is 0 Å². The van der Waals surface area contributed by atoms with Crippen LogP contribution in [-0.4, -0.2) is 48.3 Å². The minimum atomic E-state index is -1.13. The largest absolute Gasteiger partial charge is 0.491 e. The first kappa shape index (κ1) is 22.9. The normalized spacial score (nSPS) is 15.0. The number of methoxy groups -OCH3 is 1. The second-order valence-electron chi connectivity index (χ2n) is 7.46. The zero-order valence-corrected chi connectivity index (χ0v) is 17.8. The van der Waals surface area contributed by atoms with Crippen molar-refractivity contribution in [1.29, 1.82) is 0 Å². The van der Waals surface area contributed by atoms with Gasteiger partial charge in [0, 0.05) is 17.4 Å². The van der Waals surface area contributed by atoms with E-state index < -0.39 is 28.8 Å². The molecule has 1 saturated heterocycles. The van der Waals surface area contributed by atoms with Gasteiger partial charge in [0.05, 0.1) is 18.2 Å². The number of hydrogen-bond acceptors (Lipinski definition) is 4. The quantitative estimate of drug-likeness (QED) is 0.614. The molecule has 1 aliphatic heterocycles. The number of H-pyrrole nitrogens is 1. The third-order valence-electron chi connectivity index (χ3n) is 5.51. The fourth-order valence-electron chi connectivity index (χ4n) is 3.78. The topological polar surface area (TPSA) is 70.2 Å². The number of carbonyl (C=O) groups is 1. The summed E-state index contributed by atoms with van der Waals surface area (Å²) < 4.78 is 47.6. The molecule has 0 spiro atoms. The van der Waals surface area contributed by atoms with Gasteiger partial charge >= 0.3 is 0 Å². The number of likely N-dealkylation sites (tertiary alicyclic amines) is 1. The molecule has 0 bridgehead atoms. The summed E-state index contributed by atoms with van der Waals surface area (Å²) in [5, 5.41) is 10.2. The van der Waals surface area contributed by atoms with E-state index in [1.807, 2.05) is 7.05 Å². The van der Waals surface area contributed by atoms with Crippen LogP contribution < -0.4 is 10.1 Å². The van der Waals surface area contributed by atoms with E-state index in [2.05, 4.69) is 20.4 Å². The van der Waals surface area contributed by atoms with Crippen LogP contribution in [0.25, 0.3) is 22.0 Å². The number of fused-ring (bicyclic) bond motifs is 1. The van der Waals surface area contributed by atoms with E-state index in [-0.39, 0.29) is 35.6 Å². The number of ether oxygens (including phenoxy) is 1. The van der Waals surface area contributed by atoms with Gasteiger partial charge in [-0.2, -0.15) is 5.10 Å². The van der Waals surface area contributed by atoms with Gasteiger partial charge in [-0.25, -0.2) is 13.2 Å². The second-order valence-corrected chi connectivity index (χ2v) is 7.46. The highest BCUT2D eigenvalue weighted by Gasteiger charge is 2.25. The lowest BCUT2D eigenvalue weighted by Gasteiger charge is -2.27. The number of amides is 1. The molecule has 1 aliphatic rings. The Hall–Kier alpha value is -2.78. The third-order valence-corrected chi connectivity index (χ3v) is 5.51. The first-order valence-corrected chi connectivity index (χ1v) is 9.58. The number of piperidine rings is 1. The van der Waals surface area contributed by atoms with E-state index in [1.165, 1.54) is 12.1 Å². The van der Waals surface area contributed by atoms with Gasteiger partial charge in [-0.15, -0.1) is 12.4 Å². The second kappa shape index (κ2) is 9.15. The maximum Gasteiger partial charge on any atom is 0.228 e. The molecule has 0 unspecified atom stereocenters. The Morgan fingerprint density at radius 3 is 2.58 bits per heavy atom. The molecule has 0 aliphatic carbocycles. The molecule has 1 amide bonds. The van der Waals surface area contributed by atoms with Gasteiger partial charge in [-0.3, -0.25) is 9.89 Å². The van der Waals surface area contributed by atoms with Crippen LogP contribution in [0.4, 0.5) is 19.0 Å². The van der Waals surface area contributed by atoms with Crippen LogP contribution in [0.1, 0.15) is 12.8 Å². The van der Waals surface area contributed by atoms with Crippen molar-refractivity contribution in [3.8, 4) is 16.9 Å². The SMILES string of the molecule is COc1c(F)cc(F)c(-c2ccc3[nH]nc(NC(=O)C4CCN(C)CC4)c3c2)c1F.Cl. The van der Waals surface area contributed by atoms with E-state index in [9.17, 15) is 18.0 Å². The molecule has 10 heteroatoms. The summed E-state index contributed by atoms with van der Waals surface area (Å²) in [5.41, 5.74) is 0.350. The Morgan fingerprint density at radius 1 is 1.19 bits per heavy atom. The monoisotopic (exact) mass is 454 g/mol. The van der Waals surface area contributed by atoms with Crippen LogP contribution in [0.15, 0.2) is 24.3 Å². The van der Waals surface area contributed by atoms with Gasteiger partial charge in [-0.05, 0) is 50.7 Å². The van der Waals surface area contributed by atoms with Crippen molar-refractivity contribution < 1.29 is 22.7 Å². The van der Waals surface area contributed by atoms with Crippen molar-refractivity contribution in [2.24, 2.45) is 5.92 Å². The highest BCUT2D eigenvalue weighted by atomic mass is 35.5. The molecule has 1 aromatic heterocycles. The first-order valence-electron chi connectivity index (χ1n) is 9.58. The van der Waals surface area contributed by atoms with Crippen molar-refractivity contribution >= 4 is 35.0 Å². The molecule has 0 radical (unpaired) electrons. The fraction of sp³-hybridized carbons (Fsp3) is 0.333. The minimum Gasteiger partial charge on any atom is -0.491 e. The highest BCUT2D eigenvalue weighted by molar-refractivity contribution is 6.01. The van der Waals surface area contributed by atoms with Crippen LogP contribution in [0.5, 0.6) is 5.75 Å². The third kappa shape index (κ3) is 4.33. The number of nitrogens with one attached hydrogen (secondary N) is 2. The smallest absolute Gasteiger partial charge is 0.228 e. The van der Waals surface area contributed by atoms with Gasteiger partial charge in [-0.1, -0.05) is 6.07 Å². The summed E-state index contributed by atoms with van der Waals surface area (Å²) in [4.78, 5) is 14.8. The number of aromatic nitrogens is 2. The molecule has 2 aromatic carbocycles. The lowest BCUT2D eigenvalue weighted by Crippen LogP contribution is -2.36.